The zero-order valence-corrected chi connectivity index (χ0v) is 25.0. The summed E-state index contributed by atoms with van der Waals surface area (Å²) in [4.78, 5) is 30.9. The normalized spacial score (nSPS) is 11.5. The molecule has 4 aromatic rings. The van der Waals surface area contributed by atoms with Crippen LogP contribution in [0.2, 0.25) is 0 Å². The zero-order chi connectivity index (χ0) is 30.4. The van der Waals surface area contributed by atoms with Gasteiger partial charge in [0.25, 0.3) is 0 Å². The molecule has 1 aromatic heterocycles. The van der Waals surface area contributed by atoms with Gasteiger partial charge in [-0.05, 0) is 75.2 Å². The molecule has 7 heteroatoms. The lowest BCUT2D eigenvalue weighted by atomic mass is 10.0. The first-order valence-electron chi connectivity index (χ1n) is 14.0. The van der Waals surface area contributed by atoms with E-state index in [1.54, 1.807) is 32.4 Å². The van der Waals surface area contributed by atoms with E-state index in [2.05, 4.69) is 4.98 Å². The first-order valence-corrected chi connectivity index (χ1v) is 14.0. The molecule has 3 aromatic carbocycles. The Morgan fingerprint density at radius 2 is 1.50 bits per heavy atom. The second kappa shape index (κ2) is 16.1. The number of methoxy groups -OCH3 is 1. The fraction of sp³-hybridized carbons (Fsp3) is 0.286. The summed E-state index contributed by atoms with van der Waals surface area (Å²) in [6.07, 6.45) is 2.64. The molecule has 0 saturated heterocycles. The molecule has 0 bridgehead atoms. The van der Waals surface area contributed by atoms with E-state index in [9.17, 15) is 9.59 Å². The van der Waals surface area contributed by atoms with Gasteiger partial charge in [0.1, 0.15) is 18.4 Å². The average molecular weight is 569 g/mol. The van der Waals surface area contributed by atoms with E-state index in [1.165, 1.54) is 4.90 Å². The topological polar surface area (TPSA) is 78.0 Å². The molecular weight excluding hydrogens is 528 g/mol. The van der Waals surface area contributed by atoms with Gasteiger partial charge in [0, 0.05) is 31.0 Å². The van der Waals surface area contributed by atoms with Crippen molar-refractivity contribution in [2.45, 2.75) is 52.4 Å². The van der Waals surface area contributed by atoms with Gasteiger partial charge in [-0.3, -0.25) is 9.78 Å². The number of hydrogen-bond donors (Lipinski definition) is 0. The summed E-state index contributed by atoms with van der Waals surface area (Å²) in [6, 6.07) is 29.9. The fourth-order valence-corrected chi connectivity index (χ4v) is 3.89. The van der Waals surface area contributed by atoms with Crippen molar-refractivity contribution in [1.29, 1.82) is 0 Å². The van der Waals surface area contributed by atoms with Crippen molar-refractivity contribution < 1.29 is 23.8 Å². The van der Waals surface area contributed by atoms with E-state index in [-0.39, 0.29) is 12.2 Å². The van der Waals surface area contributed by atoms with Crippen LogP contribution in [0.15, 0.2) is 103 Å². The van der Waals surface area contributed by atoms with Crippen LogP contribution in [0.4, 0.5) is 5.69 Å². The van der Waals surface area contributed by atoms with Crippen molar-refractivity contribution >= 4 is 18.1 Å². The number of pyridine rings is 1. The van der Waals surface area contributed by atoms with Gasteiger partial charge in [0.2, 0.25) is 6.41 Å². The maximum atomic E-state index is 12.8. The van der Waals surface area contributed by atoms with Crippen LogP contribution in [0.1, 0.15) is 38.8 Å². The molecule has 4 rings (SSSR count). The van der Waals surface area contributed by atoms with Crippen molar-refractivity contribution in [2.24, 2.45) is 0 Å². The quantitative estimate of drug-likeness (QED) is 0.145. The Bertz CT molecular complexity index is 1370. The molecule has 0 saturated carbocycles. The van der Waals surface area contributed by atoms with Crippen molar-refractivity contribution in [1.82, 2.24) is 4.98 Å². The van der Waals surface area contributed by atoms with Gasteiger partial charge in [0.05, 0.1) is 17.9 Å². The van der Waals surface area contributed by atoms with Crippen LogP contribution in [0.5, 0.6) is 5.75 Å². The average Bonchev–Trinajstić information content (AvgIpc) is 3.01. The molecule has 1 unspecified atom stereocenters. The molecule has 42 heavy (non-hydrogen) atoms. The predicted octanol–water partition coefficient (Wildman–Crippen LogP) is 6.90. The number of esters is 1. The van der Waals surface area contributed by atoms with Crippen LogP contribution >= 0.6 is 0 Å². The lowest BCUT2D eigenvalue weighted by Gasteiger charge is -2.27. The summed E-state index contributed by atoms with van der Waals surface area (Å²) in [5.41, 5.74) is 4.18. The Hall–Kier alpha value is -4.49. The number of benzene rings is 3. The largest absolute Gasteiger partial charge is 0.489 e. The van der Waals surface area contributed by atoms with E-state index in [0.717, 1.165) is 22.4 Å². The second-order valence-corrected chi connectivity index (χ2v) is 10.5. The van der Waals surface area contributed by atoms with Crippen LogP contribution in [-0.4, -0.2) is 42.7 Å². The Balaban J connectivity index is 0.000000730. The van der Waals surface area contributed by atoms with Crippen molar-refractivity contribution in [2.75, 3.05) is 18.6 Å². The monoisotopic (exact) mass is 568 g/mol. The summed E-state index contributed by atoms with van der Waals surface area (Å²) < 4.78 is 16.1. The Kier molecular flexibility index (Phi) is 12.3. The second-order valence-electron chi connectivity index (χ2n) is 10.5. The minimum atomic E-state index is -0.797. The minimum absolute atomic E-state index is 0.0417. The standard InChI is InChI=1S/C30H28N2O4.C5H12O/c1-2-35-30(34)29(19-23-9-5-3-6-10-23)32(22-33)26-17-18-31-28(20-26)25-13-15-27(16-14-25)36-21-24-11-7-4-8-12-24;1-5(2,3)6-4/h3-18,20,22,29H,2,19,21H2,1H3;1-4H3. The van der Waals surface area contributed by atoms with E-state index in [1.807, 2.05) is 106 Å². The van der Waals surface area contributed by atoms with Gasteiger partial charge in [-0.25, -0.2) is 4.79 Å². The molecule has 1 atom stereocenters. The number of nitrogens with zero attached hydrogens (tertiary/aromatic N) is 2. The van der Waals surface area contributed by atoms with Crippen LogP contribution in [0, 0.1) is 0 Å². The molecule has 1 amide bonds. The predicted molar refractivity (Wildman–Crippen MR) is 166 cm³/mol. The Labute approximate surface area is 249 Å². The molecule has 0 radical (unpaired) electrons. The number of carbonyl (C=O) groups excluding carboxylic acids is 2. The molecule has 0 aliphatic carbocycles. The van der Waals surface area contributed by atoms with Crippen LogP contribution in [-0.2, 0) is 32.1 Å². The fourth-order valence-electron chi connectivity index (χ4n) is 3.89. The number of anilines is 1. The van der Waals surface area contributed by atoms with Gasteiger partial charge < -0.3 is 19.1 Å². The highest BCUT2D eigenvalue weighted by atomic mass is 16.5. The third-order valence-electron chi connectivity index (χ3n) is 6.33. The highest BCUT2D eigenvalue weighted by Crippen LogP contribution is 2.26. The SMILES string of the molecule is CCOC(=O)C(Cc1ccccc1)N(C=O)c1ccnc(-c2ccc(OCc3ccccc3)cc2)c1.COC(C)(C)C. The molecule has 0 aliphatic heterocycles. The number of aromatic nitrogens is 1. The van der Waals surface area contributed by atoms with E-state index >= 15 is 0 Å². The highest BCUT2D eigenvalue weighted by Gasteiger charge is 2.28. The van der Waals surface area contributed by atoms with E-state index in [4.69, 9.17) is 14.2 Å². The first kappa shape index (κ1) is 32.0. The van der Waals surface area contributed by atoms with Gasteiger partial charge in [-0.1, -0.05) is 60.7 Å². The summed E-state index contributed by atoms with van der Waals surface area (Å²) in [5.74, 6) is 0.297. The molecule has 0 spiro atoms. The maximum Gasteiger partial charge on any atom is 0.329 e. The van der Waals surface area contributed by atoms with Gasteiger partial charge in [0.15, 0.2) is 0 Å². The number of carbonyl (C=O) groups is 2. The molecule has 0 aliphatic rings. The molecular formula is C35H40N2O5. The third-order valence-corrected chi connectivity index (χ3v) is 6.33. The molecule has 0 N–H and O–H groups in total. The van der Waals surface area contributed by atoms with E-state index in [0.29, 0.717) is 30.8 Å². The van der Waals surface area contributed by atoms with Crippen molar-refractivity contribution in [3.05, 3.63) is 114 Å². The highest BCUT2D eigenvalue weighted by molar-refractivity contribution is 5.90. The van der Waals surface area contributed by atoms with Gasteiger partial charge in [-0.2, -0.15) is 0 Å². The number of ether oxygens (including phenoxy) is 3. The smallest absolute Gasteiger partial charge is 0.329 e. The van der Waals surface area contributed by atoms with Crippen molar-refractivity contribution in [3.63, 3.8) is 0 Å². The van der Waals surface area contributed by atoms with Gasteiger partial charge >= 0.3 is 5.97 Å². The summed E-state index contributed by atoms with van der Waals surface area (Å²) in [6.45, 7) is 8.53. The summed E-state index contributed by atoms with van der Waals surface area (Å²) >= 11 is 0. The van der Waals surface area contributed by atoms with Crippen molar-refractivity contribution in [3.8, 4) is 17.0 Å². The lowest BCUT2D eigenvalue weighted by Crippen LogP contribution is -2.43. The first-order chi connectivity index (χ1) is 20.2. The lowest BCUT2D eigenvalue weighted by molar-refractivity contribution is -0.145. The molecule has 7 nitrogen and oxygen atoms in total. The number of amides is 1. The Morgan fingerprint density at radius 3 is 2.05 bits per heavy atom. The summed E-state index contributed by atoms with van der Waals surface area (Å²) in [5, 5.41) is 0. The molecule has 220 valence electrons. The summed E-state index contributed by atoms with van der Waals surface area (Å²) in [7, 11) is 1.71. The minimum Gasteiger partial charge on any atom is -0.489 e. The van der Waals surface area contributed by atoms with Crippen LogP contribution < -0.4 is 9.64 Å². The van der Waals surface area contributed by atoms with Gasteiger partial charge in [-0.15, -0.1) is 0 Å². The van der Waals surface area contributed by atoms with Crippen LogP contribution in [0.25, 0.3) is 11.3 Å². The van der Waals surface area contributed by atoms with Crippen LogP contribution in [0.3, 0.4) is 0 Å². The zero-order valence-electron chi connectivity index (χ0n) is 25.0. The third kappa shape index (κ3) is 10.2. The number of rotatable bonds is 11. The number of hydrogen-bond acceptors (Lipinski definition) is 6. The molecule has 0 fully saturated rings. The molecule has 1 heterocycles. The van der Waals surface area contributed by atoms with E-state index < -0.39 is 12.0 Å². The maximum absolute atomic E-state index is 12.8. The Morgan fingerprint density at radius 1 is 0.905 bits per heavy atom.